The first-order valence-electron chi connectivity index (χ1n) is 8.62. The number of carbonyl (C=O) groups is 1. The van der Waals surface area contributed by atoms with E-state index in [1.807, 2.05) is 0 Å². The minimum atomic E-state index is -0.914. The van der Waals surface area contributed by atoms with Crippen molar-refractivity contribution in [3.05, 3.63) is 12.2 Å². The molecule has 0 aliphatic carbocycles. The van der Waals surface area contributed by atoms with Crippen molar-refractivity contribution in [1.82, 2.24) is 0 Å². The summed E-state index contributed by atoms with van der Waals surface area (Å²) >= 11 is 0. The Morgan fingerprint density at radius 1 is 0.773 bits per heavy atom. The van der Waals surface area contributed by atoms with Crippen LogP contribution in [0.2, 0.25) is 0 Å². The molecule has 0 bridgehead atoms. The molecular formula is C18H34Na2O2. The molecule has 0 unspecified atom stereocenters. The van der Waals surface area contributed by atoms with E-state index in [9.17, 15) is 9.90 Å². The Balaban J connectivity index is -0.000000602. The third-order valence-corrected chi connectivity index (χ3v) is 3.64. The number of aliphatic carboxylic acids is 1. The van der Waals surface area contributed by atoms with E-state index < -0.39 is 5.97 Å². The molecule has 0 atom stereocenters. The molecule has 0 N–H and O–H groups in total. The second kappa shape index (κ2) is 24.5. The van der Waals surface area contributed by atoms with Crippen molar-refractivity contribution in [2.45, 2.75) is 96.8 Å². The largest absolute Gasteiger partial charge is 1.00 e. The second-order valence-corrected chi connectivity index (χ2v) is 5.71. The van der Waals surface area contributed by atoms with Crippen molar-refractivity contribution in [3.63, 3.8) is 0 Å². The van der Waals surface area contributed by atoms with E-state index in [0.717, 1.165) is 19.3 Å². The van der Waals surface area contributed by atoms with Gasteiger partial charge in [0, 0.05) is 5.97 Å². The number of carboxylic acids is 1. The molecule has 0 aliphatic rings. The Morgan fingerprint density at radius 3 is 1.64 bits per heavy atom. The first-order chi connectivity index (χ1) is 9.77. The molecule has 0 aromatic rings. The number of unbranched alkanes of at least 4 members (excludes halogenated alkanes) is 11. The van der Waals surface area contributed by atoms with Crippen LogP contribution < -0.4 is 64.2 Å². The van der Waals surface area contributed by atoms with Gasteiger partial charge in [0.05, 0.1) is 0 Å². The summed E-state index contributed by atoms with van der Waals surface area (Å²) in [6.45, 7) is 2.26. The van der Waals surface area contributed by atoms with Crippen molar-refractivity contribution in [2.75, 3.05) is 0 Å². The fraction of sp³-hybridized carbons (Fsp3) is 0.833. The van der Waals surface area contributed by atoms with Gasteiger partial charge in [0.1, 0.15) is 0 Å². The molecule has 0 heterocycles. The number of carbonyl (C=O) groups excluding carboxylic acids is 1. The molecule has 0 saturated heterocycles. The number of allylic oxidation sites excluding steroid dienone is 2. The maximum Gasteiger partial charge on any atom is 1.00 e. The molecule has 0 amide bonds. The monoisotopic (exact) mass is 328 g/mol. The minimum absolute atomic E-state index is 0. The van der Waals surface area contributed by atoms with Crippen molar-refractivity contribution in [2.24, 2.45) is 0 Å². The number of hydrogen-bond donors (Lipinski definition) is 0. The maximum absolute atomic E-state index is 10.2. The quantitative estimate of drug-likeness (QED) is 0.217. The molecule has 0 aromatic carbocycles. The molecule has 0 saturated carbocycles. The normalized spacial score (nSPS) is 10.2. The smallest absolute Gasteiger partial charge is 1.00 e. The Hall–Kier alpha value is 1.21. The molecule has 0 rings (SSSR count). The summed E-state index contributed by atoms with van der Waals surface area (Å²) in [4.78, 5) is 10.2. The molecule has 0 spiro atoms. The molecule has 120 valence electrons. The zero-order valence-electron chi connectivity index (χ0n) is 16.4. The van der Waals surface area contributed by atoms with Gasteiger partial charge in [-0.15, -0.1) is 0 Å². The van der Waals surface area contributed by atoms with Crippen molar-refractivity contribution < 1.29 is 70.4 Å². The minimum Gasteiger partial charge on any atom is -1.00 e. The van der Waals surface area contributed by atoms with Crippen LogP contribution >= 0.6 is 0 Å². The van der Waals surface area contributed by atoms with E-state index in [1.165, 1.54) is 64.2 Å². The van der Waals surface area contributed by atoms with Gasteiger partial charge in [-0.2, -0.15) is 0 Å². The van der Waals surface area contributed by atoms with Crippen LogP contribution in [0.1, 0.15) is 98.2 Å². The van der Waals surface area contributed by atoms with Gasteiger partial charge < -0.3 is 11.3 Å². The number of rotatable bonds is 15. The molecule has 2 nitrogen and oxygen atoms in total. The Kier molecular flexibility index (Phi) is 31.2. The van der Waals surface area contributed by atoms with E-state index in [-0.39, 0.29) is 67.0 Å². The molecule has 0 aliphatic heterocycles. The topological polar surface area (TPSA) is 40.1 Å². The van der Waals surface area contributed by atoms with E-state index in [1.54, 1.807) is 0 Å². The summed E-state index contributed by atoms with van der Waals surface area (Å²) in [5, 5.41) is 10.2. The first kappa shape index (κ1) is 28.0. The standard InChI is InChI=1S/C18H34O2.2Na.H/c1-2-3-4-5-6-7-8-9-10-11-12-13-14-15-16-17-18(19)20;;;/h9-10H,2-8,11-17H2,1H3,(H,19,20);;;/q;2*+1;-1/p-1/b10-9-;;;. The van der Waals surface area contributed by atoms with E-state index in [4.69, 9.17) is 0 Å². The van der Waals surface area contributed by atoms with Crippen LogP contribution in [0.5, 0.6) is 0 Å². The van der Waals surface area contributed by atoms with Gasteiger partial charge >= 0.3 is 59.1 Å². The van der Waals surface area contributed by atoms with Crippen LogP contribution in [0.4, 0.5) is 0 Å². The zero-order valence-corrected chi connectivity index (χ0v) is 19.4. The third kappa shape index (κ3) is 26.1. The molecule has 22 heavy (non-hydrogen) atoms. The van der Waals surface area contributed by atoms with Crippen LogP contribution in [-0.4, -0.2) is 5.97 Å². The summed E-state index contributed by atoms with van der Waals surface area (Å²) in [7, 11) is 0. The van der Waals surface area contributed by atoms with Crippen LogP contribution in [0.15, 0.2) is 12.2 Å². The van der Waals surface area contributed by atoms with E-state index in [2.05, 4.69) is 19.1 Å². The summed E-state index contributed by atoms with van der Waals surface area (Å²) in [5.41, 5.74) is 0. The van der Waals surface area contributed by atoms with Gasteiger partial charge in [0.2, 0.25) is 0 Å². The van der Waals surface area contributed by atoms with Gasteiger partial charge in [-0.05, 0) is 38.5 Å². The zero-order chi connectivity index (χ0) is 14.9. The Morgan fingerprint density at radius 2 is 1.18 bits per heavy atom. The molecular weight excluding hydrogens is 294 g/mol. The summed E-state index contributed by atoms with van der Waals surface area (Å²) < 4.78 is 0. The van der Waals surface area contributed by atoms with Crippen molar-refractivity contribution >= 4 is 5.97 Å². The fourth-order valence-corrected chi connectivity index (χ4v) is 2.34. The summed E-state index contributed by atoms with van der Waals surface area (Å²) in [6, 6.07) is 0. The second-order valence-electron chi connectivity index (χ2n) is 5.71. The fourth-order valence-electron chi connectivity index (χ4n) is 2.34. The first-order valence-corrected chi connectivity index (χ1v) is 8.62. The van der Waals surface area contributed by atoms with Crippen LogP contribution in [0.3, 0.4) is 0 Å². The van der Waals surface area contributed by atoms with E-state index >= 15 is 0 Å². The molecule has 4 heteroatoms. The van der Waals surface area contributed by atoms with Gasteiger partial charge in [0.25, 0.3) is 0 Å². The predicted octanol–water partition coefficient (Wildman–Crippen LogP) is -1.11. The maximum atomic E-state index is 10.2. The van der Waals surface area contributed by atoms with Crippen LogP contribution in [-0.2, 0) is 4.79 Å². The van der Waals surface area contributed by atoms with Crippen LogP contribution in [0, 0.1) is 0 Å². The predicted molar refractivity (Wildman–Crippen MR) is 85.6 cm³/mol. The third-order valence-electron chi connectivity index (χ3n) is 3.64. The average Bonchev–Trinajstić information content (AvgIpc) is 2.43. The SMILES string of the molecule is CCCCCCCC/C=C\CCCCCCCC(=O)[O-].[H-].[Na+].[Na+]. The van der Waals surface area contributed by atoms with E-state index in [0.29, 0.717) is 0 Å². The van der Waals surface area contributed by atoms with Gasteiger partial charge in [-0.1, -0.05) is 70.4 Å². The number of carboxylic acid groups (broad SMARTS) is 1. The molecule has 0 fully saturated rings. The van der Waals surface area contributed by atoms with Crippen molar-refractivity contribution in [1.29, 1.82) is 0 Å². The average molecular weight is 328 g/mol. The summed E-state index contributed by atoms with van der Waals surface area (Å²) in [5.74, 6) is -0.914. The van der Waals surface area contributed by atoms with Gasteiger partial charge in [-0.25, -0.2) is 0 Å². The molecule has 0 radical (unpaired) electrons. The number of hydrogen-bond acceptors (Lipinski definition) is 2. The Bertz CT molecular complexity index is 249. The Labute approximate surface area is 184 Å². The van der Waals surface area contributed by atoms with Crippen LogP contribution in [0.25, 0.3) is 0 Å². The van der Waals surface area contributed by atoms with Crippen molar-refractivity contribution in [3.8, 4) is 0 Å². The van der Waals surface area contributed by atoms with Gasteiger partial charge in [0.15, 0.2) is 0 Å². The summed E-state index contributed by atoms with van der Waals surface area (Å²) in [6.07, 6.45) is 20.9. The van der Waals surface area contributed by atoms with Gasteiger partial charge in [-0.3, -0.25) is 0 Å². The molecule has 0 aromatic heterocycles.